The van der Waals surface area contributed by atoms with Crippen LogP contribution in [0.3, 0.4) is 0 Å². The van der Waals surface area contributed by atoms with Crippen molar-refractivity contribution in [3.05, 3.63) is 35.2 Å². The Morgan fingerprint density at radius 1 is 1.33 bits per heavy atom. The Kier molecular flexibility index (Phi) is 5.06. The summed E-state index contributed by atoms with van der Waals surface area (Å²) in [6.07, 6.45) is 4.02. The lowest BCUT2D eigenvalue weighted by Gasteiger charge is -2.29. The van der Waals surface area contributed by atoms with Crippen molar-refractivity contribution in [2.24, 2.45) is 5.92 Å². The molecule has 1 aliphatic heterocycles. The molecule has 0 spiro atoms. The number of fused-ring (bicyclic) bond motifs is 1. The van der Waals surface area contributed by atoms with Gasteiger partial charge in [0.25, 0.3) is 0 Å². The van der Waals surface area contributed by atoms with Gasteiger partial charge in [-0.15, -0.1) is 0 Å². The summed E-state index contributed by atoms with van der Waals surface area (Å²) in [6.45, 7) is 13.5. The molecule has 0 unspecified atom stereocenters. The standard InChI is InChI=1S/C18H29N5O/c1-13(2)21(5)8-16-9-22(11-17-14(3)20-24-15(17)4)12-18-19-6-7-23(18)10-16/h6-7,13,16H,8-12H2,1-5H3/t16-/m1/s1. The van der Waals surface area contributed by atoms with Crippen LogP contribution in [0.15, 0.2) is 16.9 Å². The molecule has 0 fully saturated rings. The maximum atomic E-state index is 5.34. The normalized spacial score (nSPS) is 19.0. The largest absolute Gasteiger partial charge is 0.361 e. The number of rotatable bonds is 5. The van der Waals surface area contributed by atoms with E-state index in [2.05, 4.69) is 51.6 Å². The highest BCUT2D eigenvalue weighted by atomic mass is 16.5. The summed E-state index contributed by atoms with van der Waals surface area (Å²) in [5.74, 6) is 2.65. The van der Waals surface area contributed by atoms with Crippen LogP contribution >= 0.6 is 0 Å². The lowest BCUT2D eigenvalue weighted by Crippen LogP contribution is -2.37. The van der Waals surface area contributed by atoms with Crippen molar-refractivity contribution in [2.45, 2.75) is 53.4 Å². The fourth-order valence-electron chi connectivity index (χ4n) is 3.43. The Labute approximate surface area is 144 Å². The molecule has 0 radical (unpaired) electrons. The second-order valence-electron chi connectivity index (χ2n) is 7.37. The monoisotopic (exact) mass is 331 g/mol. The quantitative estimate of drug-likeness (QED) is 0.842. The van der Waals surface area contributed by atoms with Gasteiger partial charge in [0.1, 0.15) is 11.6 Å². The Balaban J connectivity index is 1.78. The Morgan fingerprint density at radius 2 is 2.12 bits per heavy atom. The van der Waals surface area contributed by atoms with E-state index in [9.17, 15) is 0 Å². The van der Waals surface area contributed by atoms with Crippen LogP contribution in [-0.4, -0.2) is 50.7 Å². The van der Waals surface area contributed by atoms with E-state index in [1.807, 2.05) is 20.0 Å². The average molecular weight is 331 g/mol. The predicted octanol–water partition coefficient (Wildman–Crippen LogP) is 2.46. The topological polar surface area (TPSA) is 50.3 Å². The van der Waals surface area contributed by atoms with Gasteiger partial charge in [-0.05, 0) is 34.7 Å². The van der Waals surface area contributed by atoms with E-state index in [-0.39, 0.29) is 0 Å². The highest BCUT2D eigenvalue weighted by Crippen LogP contribution is 2.21. The van der Waals surface area contributed by atoms with Crippen LogP contribution in [0.2, 0.25) is 0 Å². The SMILES string of the molecule is Cc1noc(C)c1CN1Cc2nccn2C[C@H](CN(C)C(C)C)C1. The lowest BCUT2D eigenvalue weighted by atomic mass is 10.1. The van der Waals surface area contributed by atoms with Gasteiger partial charge in [0.15, 0.2) is 0 Å². The molecule has 0 aliphatic carbocycles. The molecule has 132 valence electrons. The summed E-state index contributed by atoms with van der Waals surface area (Å²) < 4.78 is 7.65. The molecule has 0 N–H and O–H groups in total. The fourth-order valence-corrected chi connectivity index (χ4v) is 3.43. The van der Waals surface area contributed by atoms with E-state index in [0.717, 1.165) is 50.0 Å². The van der Waals surface area contributed by atoms with Crippen LogP contribution in [0.1, 0.15) is 36.7 Å². The maximum Gasteiger partial charge on any atom is 0.138 e. The Bertz CT molecular complexity index is 655. The van der Waals surface area contributed by atoms with E-state index < -0.39 is 0 Å². The van der Waals surface area contributed by atoms with Gasteiger partial charge in [-0.1, -0.05) is 5.16 Å². The number of imidazole rings is 1. The molecule has 3 rings (SSSR count). The first-order valence-electron chi connectivity index (χ1n) is 8.78. The van der Waals surface area contributed by atoms with E-state index in [0.29, 0.717) is 12.0 Å². The fraction of sp³-hybridized carbons (Fsp3) is 0.667. The van der Waals surface area contributed by atoms with Gasteiger partial charge in [-0.2, -0.15) is 0 Å². The molecule has 2 aromatic heterocycles. The van der Waals surface area contributed by atoms with Gasteiger partial charge < -0.3 is 14.0 Å². The van der Waals surface area contributed by atoms with Crippen molar-refractivity contribution >= 4 is 0 Å². The molecule has 6 heteroatoms. The highest BCUT2D eigenvalue weighted by molar-refractivity contribution is 5.20. The third-order valence-electron chi connectivity index (χ3n) is 5.13. The first kappa shape index (κ1) is 17.2. The van der Waals surface area contributed by atoms with Crippen LogP contribution in [0.4, 0.5) is 0 Å². The molecule has 6 nitrogen and oxygen atoms in total. The molecular weight excluding hydrogens is 302 g/mol. The minimum atomic E-state index is 0.562. The van der Waals surface area contributed by atoms with Crippen molar-refractivity contribution in [2.75, 3.05) is 20.1 Å². The van der Waals surface area contributed by atoms with E-state index >= 15 is 0 Å². The summed E-state index contributed by atoms with van der Waals surface area (Å²) in [5, 5.41) is 4.10. The van der Waals surface area contributed by atoms with Crippen molar-refractivity contribution in [1.82, 2.24) is 24.5 Å². The second-order valence-corrected chi connectivity index (χ2v) is 7.37. The minimum absolute atomic E-state index is 0.562. The highest BCUT2D eigenvalue weighted by Gasteiger charge is 2.25. The Morgan fingerprint density at radius 3 is 2.79 bits per heavy atom. The lowest BCUT2D eigenvalue weighted by molar-refractivity contribution is 0.166. The maximum absolute atomic E-state index is 5.34. The zero-order valence-corrected chi connectivity index (χ0v) is 15.5. The van der Waals surface area contributed by atoms with Gasteiger partial charge in [-0.3, -0.25) is 4.90 Å². The molecule has 3 heterocycles. The summed E-state index contributed by atoms with van der Waals surface area (Å²) in [4.78, 5) is 9.47. The molecule has 0 saturated carbocycles. The van der Waals surface area contributed by atoms with Gasteiger partial charge >= 0.3 is 0 Å². The molecule has 0 aromatic carbocycles. The number of aryl methyl sites for hydroxylation is 2. The average Bonchev–Trinajstić information content (AvgIpc) is 3.03. The molecule has 0 bridgehead atoms. The first-order chi connectivity index (χ1) is 11.4. The van der Waals surface area contributed by atoms with E-state index in [4.69, 9.17) is 4.52 Å². The summed E-state index contributed by atoms with van der Waals surface area (Å²) >= 11 is 0. The third-order valence-corrected chi connectivity index (χ3v) is 5.13. The zero-order valence-electron chi connectivity index (χ0n) is 15.5. The molecule has 1 aliphatic rings. The van der Waals surface area contributed by atoms with E-state index in [1.54, 1.807) is 0 Å². The molecule has 0 amide bonds. The number of nitrogens with zero attached hydrogens (tertiary/aromatic N) is 5. The van der Waals surface area contributed by atoms with Crippen molar-refractivity contribution in [3.63, 3.8) is 0 Å². The molecule has 0 saturated heterocycles. The van der Waals surface area contributed by atoms with Crippen LogP contribution in [0.5, 0.6) is 0 Å². The summed E-state index contributed by atoms with van der Waals surface area (Å²) in [6, 6.07) is 0.562. The third kappa shape index (κ3) is 3.70. The van der Waals surface area contributed by atoms with Gasteiger partial charge in [0.2, 0.25) is 0 Å². The number of hydrogen-bond donors (Lipinski definition) is 0. The van der Waals surface area contributed by atoms with Crippen LogP contribution in [0, 0.1) is 19.8 Å². The number of aromatic nitrogens is 3. The molecular formula is C18H29N5O. The smallest absolute Gasteiger partial charge is 0.138 e. The van der Waals surface area contributed by atoms with Gasteiger partial charge in [-0.25, -0.2) is 4.98 Å². The van der Waals surface area contributed by atoms with Crippen LogP contribution in [-0.2, 0) is 19.6 Å². The van der Waals surface area contributed by atoms with Crippen LogP contribution in [0.25, 0.3) is 0 Å². The van der Waals surface area contributed by atoms with E-state index in [1.165, 1.54) is 5.56 Å². The van der Waals surface area contributed by atoms with Crippen molar-refractivity contribution in [1.29, 1.82) is 0 Å². The van der Waals surface area contributed by atoms with Gasteiger partial charge in [0.05, 0.1) is 12.2 Å². The summed E-state index contributed by atoms with van der Waals surface area (Å²) in [5.41, 5.74) is 2.21. The first-order valence-corrected chi connectivity index (χ1v) is 8.78. The molecule has 1 atom stereocenters. The van der Waals surface area contributed by atoms with Crippen LogP contribution < -0.4 is 0 Å². The van der Waals surface area contributed by atoms with Gasteiger partial charge in [0, 0.05) is 56.1 Å². The van der Waals surface area contributed by atoms with Crippen molar-refractivity contribution in [3.8, 4) is 0 Å². The minimum Gasteiger partial charge on any atom is -0.361 e. The molecule has 2 aromatic rings. The second kappa shape index (κ2) is 7.07. The summed E-state index contributed by atoms with van der Waals surface area (Å²) in [7, 11) is 2.21. The number of hydrogen-bond acceptors (Lipinski definition) is 5. The Hall–Kier alpha value is -1.66. The molecule has 24 heavy (non-hydrogen) atoms. The zero-order chi connectivity index (χ0) is 17.3. The predicted molar refractivity (Wildman–Crippen MR) is 93.6 cm³/mol. The van der Waals surface area contributed by atoms with Crippen molar-refractivity contribution < 1.29 is 4.52 Å².